The highest BCUT2D eigenvalue weighted by Gasteiger charge is 2.32. The lowest BCUT2D eigenvalue weighted by Gasteiger charge is -2.24. The van der Waals surface area contributed by atoms with E-state index in [-0.39, 0.29) is 57.5 Å². The van der Waals surface area contributed by atoms with Gasteiger partial charge in [0, 0.05) is 75.0 Å². The largest absolute Gasteiger partial charge is 0.444 e. The van der Waals surface area contributed by atoms with E-state index in [1.807, 2.05) is 0 Å². The van der Waals surface area contributed by atoms with Crippen LogP contribution < -0.4 is 5.32 Å². The third kappa shape index (κ3) is 9.88. The minimum Gasteiger partial charge on any atom is -0.444 e. The lowest BCUT2D eigenvalue weighted by molar-refractivity contribution is 0.0284. The van der Waals surface area contributed by atoms with Gasteiger partial charge in [0.2, 0.25) is 11.9 Å². The van der Waals surface area contributed by atoms with Crippen LogP contribution in [0.15, 0.2) is 83.6 Å². The van der Waals surface area contributed by atoms with E-state index < -0.39 is 66.7 Å². The molecule has 1 N–H and O–H groups in total. The molecule has 0 aliphatic rings. The van der Waals surface area contributed by atoms with Gasteiger partial charge in [-0.05, 0) is 65.9 Å². The lowest BCUT2D eigenvalue weighted by atomic mass is 10.1. The summed E-state index contributed by atoms with van der Waals surface area (Å²) >= 11 is 0. The fraction of sp³-hybridized carbons (Fsp3) is 0.324. The monoisotopic (exact) mass is 898 g/mol. The molecule has 16 nitrogen and oxygen atoms in total. The highest BCUT2D eigenvalue weighted by Crippen LogP contribution is 2.34. The second-order valence-corrected chi connectivity index (χ2v) is 17.5. The molecule has 1 amide bonds. The summed E-state index contributed by atoms with van der Waals surface area (Å²) in [5, 5.41) is 10.7. The Morgan fingerprint density at radius 2 is 1.20 bits per heavy atom. The van der Waals surface area contributed by atoms with Crippen LogP contribution in [0.3, 0.4) is 0 Å². The molecule has 0 spiro atoms. The molecule has 0 saturated heterocycles. The van der Waals surface area contributed by atoms with Gasteiger partial charge < -0.3 is 15.0 Å². The number of hydrogen-bond donors (Lipinski definition) is 1. The summed E-state index contributed by atoms with van der Waals surface area (Å²) in [6.45, 7) is 9.30. The van der Waals surface area contributed by atoms with Gasteiger partial charge in [-0.3, -0.25) is 9.36 Å². The van der Waals surface area contributed by atoms with E-state index in [1.54, 1.807) is 41.7 Å². The van der Waals surface area contributed by atoms with Crippen molar-refractivity contribution in [3.8, 4) is 22.5 Å². The number of aryl methyl sites for hydroxylation is 2. The smallest absolute Gasteiger partial charge is 0.410 e. The van der Waals surface area contributed by atoms with Gasteiger partial charge in [-0.2, -0.15) is 19.0 Å². The summed E-state index contributed by atoms with van der Waals surface area (Å²) in [7, 11) is -5.54. The number of ether oxygens (including phenoxy) is 1. The number of amides is 1. The average molecular weight is 899 g/mol. The number of carbonyl (C=O) groups excluding carboxylic acids is 1. The quantitative estimate of drug-likeness (QED) is 0.111. The molecule has 324 valence electrons. The molecule has 6 heterocycles. The Bertz CT molecular complexity index is 2690. The normalized spacial score (nSPS) is 11.8. The first-order valence-electron chi connectivity index (χ1n) is 17.9. The third-order valence-electron chi connectivity index (χ3n) is 8.46. The standard InChI is InChI=1S/C21H25F2N5O4S.C16H17F2N5O2S.ClH/c1-6-27-13-15(10-25-27)33(30,31)28-12-14(11-26(5)20(29)32-21(2,3)4)17(22)18(28)16-8-7-9-24-19(16)23;1-3-22-10-12(8-21-22)26(24,25)23-9-11(7-19-2)14(17)15(23)13-5-4-6-20-16(13)18;/h7-10,12-13H,6,11H2,1-5H3;4-6,8-10,19H,3,7H2,1-2H3;1H. The number of aromatic nitrogens is 8. The Morgan fingerprint density at radius 3 is 1.58 bits per heavy atom. The SMILES string of the molecule is CCn1cc(S(=O)(=O)n2cc(CN(C)C(=O)OC(C)(C)C)c(F)c2-c2cccnc2F)cn1.CCn1cc(S(=O)(=O)n2cc(CNC)c(F)c2-c2cccnc2F)cn1.Cl. The first-order chi connectivity index (χ1) is 27.7. The second-order valence-electron chi connectivity index (χ2n) is 13.8. The van der Waals surface area contributed by atoms with Crippen LogP contribution in [0.5, 0.6) is 0 Å². The predicted molar refractivity (Wildman–Crippen MR) is 214 cm³/mol. The Labute approximate surface area is 350 Å². The maximum atomic E-state index is 15.6. The predicted octanol–water partition coefficient (Wildman–Crippen LogP) is 6.07. The fourth-order valence-electron chi connectivity index (χ4n) is 5.61. The molecule has 6 aromatic heterocycles. The van der Waals surface area contributed by atoms with Gasteiger partial charge in [-0.25, -0.2) is 48.3 Å². The molecular formula is C37H43ClF4N10O6S2. The van der Waals surface area contributed by atoms with Crippen LogP contribution in [-0.2, 0) is 51.0 Å². The highest BCUT2D eigenvalue weighted by molar-refractivity contribution is 7.90. The van der Waals surface area contributed by atoms with E-state index >= 15 is 4.39 Å². The minimum atomic E-state index is -4.35. The first-order valence-corrected chi connectivity index (χ1v) is 20.8. The molecular weight excluding hydrogens is 856 g/mol. The van der Waals surface area contributed by atoms with Gasteiger partial charge in [-0.1, -0.05) is 0 Å². The van der Waals surface area contributed by atoms with Crippen molar-refractivity contribution in [1.82, 2.24) is 47.7 Å². The van der Waals surface area contributed by atoms with E-state index in [0.717, 1.165) is 27.5 Å². The maximum Gasteiger partial charge on any atom is 0.410 e. The molecule has 60 heavy (non-hydrogen) atoms. The molecule has 0 radical (unpaired) electrons. The van der Waals surface area contributed by atoms with Crippen molar-refractivity contribution in [2.24, 2.45) is 0 Å². The Balaban J connectivity index is 0.000000267. The van der Waals surface area contributed by atoms with Gasteiger partial charge in [-0.15, -0.1) is 12.4 Å². The molecule has 0 bridgehead atoms. The van der Waals surface area contributed by atoms with Gasteiger partial charge in [0.15, 0.2) is 11.6 Å². The maximum absolute atomic E-state index is 15.6. The number of carbonyl (C=O) groups is 1. The molecule has 0 aromatic carbocycles. The summed E-state index contributed by atoms with van der Waals surface area (Å²) in [5.41, 5.74) is -2.33. The summed E-state index contributed by atoms with van der Waals surface area (Å²) in [6.07, 6.45) is 8.76. The number of nitrogens with zero attached hydrogens (tertiary/aromatic N) is 9. The van der Waals surface area contributed by atoms with Crippen LogP contribution in [0.4, 0.5) is 22.4 Å². The number of pyridine rings is 2. The van der Waals surface area contributed by atoms with Crippen molar-refractivity contribution < 1.29 is 43.9 Å². The molecule has 6 rings (SSSR count). The average Bonchev–Trinajstić information content (AvgIpc) is 3.99. The summed E-state index contributed by atoms with van der Waals surface area (Å²) < 4.78 is 121. The van der Waals surface area contributed by atoms with Gasteiger partial charge in [0.05, 0.1) is 30.1 Å². The van der Waals surface area contributed by atoms with E-state index in [1.165, 1.54) is 71.7 Å². The zero-order valence-electron chi connectivity index (χ0n) is 33.5. The summed E-state index contributed by atoms with van der Waals surface area (Å²) in [5.74, 6) is -3.81. The van der Waals surface area contributed by atoms with E-state index in [9.17, 15) is 34.8 Å². The van der Waals surface area contributed by atoms with Crippen LogP contribution in [0.25, 0.3) is 22.5 Å². The van der Waals surface area contributed by atoms with E-state index in [4.69, 9.17) is 4.74 Å². The van der Waals surface area contributed by atoms with E-state index in [0.29, 0.717) is 17.1 Å². The highest BCUT2D eigenvalue weighted by atomic mass is 35.5. The summed E-state index contributed by atoms with van der Waals surface area (Å²) in [6, 6.07) is 5.28. The Morgan fingerprint density at radius 1 is 0.767 bits per heavy atom. The number of hydrogen-bond acceptors (Lipinski definition) is 11. The minimum absolute atomic E-state index is 0. The van der Waals surface area contributed by atoms with Crippen LogP contribution in [-0.4, -0.2) is 85.0 Å². The molecule has 0 unspecified atom stereocenters. The van der Waals surface area contributed by atoms with Crippen LogP contribution in [0.1, 0.15) is 45.7 Å². The molecule has 0 fully saturated rings. The van der Waals surface area contributed by atoms with Gasteiger partial charge in [0.1, 0.15) is 26.8 Å². The van der Waals surface area contributed by atoms with E-state index in [2.05, 4.69) is 25.5 Å². The van der Waals surface area contributed by atoms with Crippen molar-refractivity contribution in [2.75, 3.05) is 14.1 Å². The molecule has 0 saturated carbocycles. The third-order valence-corrected chi connectivity index (χ3v) is 11.7. The topological polar surface area (TPSA) is 181 Å². The van der Waals surface area contributed by atoms with Crippen molar-refractivity contribution in [3.63, 3.8) is 0 Å². The zero-order valence-corrected chi connectivity index (χ0v) is 35.9. The van der Waals surface area contributed by atoms with Crippen molar-refractivity contribution in [3.05, 3.63) is 108 Å². The lowest BCUT2D eigenvalue weighted by Crippen LogP contribution is -2.33. The van der Waals surface area contributed by atoms with Crippen LogP contribution >= 0.6 is 12.4 Å². The number of nitrogens with one attached hydrogen (secondary N) is 1. The zero-order chi connectivity index (χ0) is 43.4. The second kappa shape index (κ2) is 18.8. The molecule has 0 atom stereocenters. The van der Waals surface area contributed by atoms with Crippen molar-refractivity contribution >= 4 is 38.5 Å². The molecule has 0 aliphatic carbocycles. The number of rotatable bonds is 12. The Kier molecular flexibility index (Phi) is 14.7. The molecule has 6 aromatic rings. The number of halogens is 5. The van der Waals surface area contributed by atoms with Crippen molar-refractivity contribution in [1.29, 1.82) is 0 Å². The molecule has 23 heteroatoms. The first kappa shape index (κ1) is 47.1. The summed E-state index contributed by atoms with van der Waals surface area (Å²) in [4.78, 5) is 20.1. The van der Waals surface area contributed by atoms with Crippen LogP contribution in [0, 0.1) is 23.5 Å². The van der Waals surface area contributed by atoms with Gasteiger partial charge >= 0.3 is 6.09 Å². The van der Waals surface area contributed by atoms with Crippen molar-refractivity contribution in [2.45, 2.75) is 76.2 Å². The van der Waals surface area contributed by atoms with Gasteiger partial charge in [0.25, 0.3) is 20.0 Å². The Hall–Kier alpha value is -5.58. The fourth-order valence-corrected chi connectivity index (χ4v) is 8.31. The molecule has 0 aliphatic heterocycles. The van der Waals surface area contributed by atoms with Crippen LogP contribution in [0.2, 0.25) is 0 Å².